The van der Waals surface area contributed by atoms with Crippen molar-refractivity contribution in [2.45, 2.75) is 12.8 Å². The van der Waals surface area contributed by atoms with Crippen LogP contribution in [0.15, 0.2) is 97.6 Å². The van der Waals surface area contributed by atoms with Gasteiger partial charge in [-0.1, -0.05) is 97.6 Å². The monoisotopic (exact) mass is 402 g/mol. The Hall–Kier alpha value is -3.91. The molecule has 0 unspecified atom stereocenters. The summed E-state index contributed by atoms with van der Waals surface area (Å²) in [5.41, 5.74) is 11.3. The Labute approximate surface area is 182 Å². The highest BCUT2D eigenvalue weighted by atomic mass is 16.4. The van der Waals surface area contributed by atoms with E-state index >= 15 is 0 Å². The van der Waals surface area contributed by atoms with Gasteiger partial charge in [0.15, 0.2) is 0 Å². The first-order valence-corrected chi connectivity index (χ1v) is 10.4. The van der Waals surface area contributed by atoms with E-state index in [2.05, 4.69) is 67.2 Å². The van der Waals surface area contributed by atoms with Crippen LogP contribution in [0.1, 0.15) is 27.8 Å². The average Bonchev–Trinajstić information content (AvgIpc) is 3.37. The van der Waals surface area contributed by atoms with Gasteiger partial charge in [0.25, 0.3) is 0 Å². The summed E-state index contributed by atoms with van der Waals surface area (Å²) in [5.74, 6) is -0.959. The van der Waals surface area contributed by atoms with E-state index in [4.69, 9.17) is 5.11 Å². The number of rotatable bonds is 2. The lowest BCUT2D eigenvalue weighted by Crippen LogP contribution is -2.01. The van der Waals surface area contributed by atoms with Gasteiger partial charge in [0.05, 0.1) is 5.57 Å². The maximum Gasteiger partial charge on any atom is 0.335 e. The maximum atomic E-state index is 11.1. The molecule has 0 fully saturated rings. The third-order valence-corrected chi connectivity index (χ3v) is 6.14. The van der Waals surface area contributed by atoms with E-state index in [1.165, 1.54) is 33.4 Å². The van der Waals surface area contributed by atoms with Crippen LogP contribution in [0.25, 0.3) is 27.8 Å². The van der Waals surface area contributed by atoms with Gasteiger partial charge < -0.3 is 5.11 Å². The van der Waals surface area contributed by atoms with Crippen LogP contribution >= 0.6 is 0 Å². The van der Waals surface area contributed by atoms with Gasteiger partial charge in [-0.25, -0.2) is 4.79 Å². The molecule has 31 heavy (non-hydrogen) atoms. The summed E-state index contributed by atoms with van der Waals surface area (Å²) >= 11 is 0. The van der Waals surface area contributed by atoms with Crippen LogP contribution in [0.5, 0.6) is 0 Å². The molecule has 0 bridgehead atoms. The molecule has 2 aliphatic carbocycles. The van der Waals surface area contributed by atoms with Gasteiger partial charge in [-0.2, -0.15) is 0 Å². The van der Waals surface area contributed by atoms with Crippen LogP contribution in [0, 0.1) is 0 Å². The maximum absolute atomic E-state index is 11.1. The summed E-state index contributed by atoms with van der Waals surface area (Å²) in [6.07, 6.45) is 1.89. The number of benzene rings is 4. The lowest BCUT2D eigenvalue weighted by molar-refractivity contribution is -0.130. The summed E-state index contributed by atoms with van der Waals surface area (Å²) in [5, 5.41) is 9.08. The second-order valence-corrected chi connectivity index (χ2v) is 7.94. The number of hydrogen-bond donors (Lipinski definition) is 1. The molecule has 0 radical (unpaired) electrons. The zero-order valence-corrected chi connectivity index (χ0v) is 17.1. The molecular weight excluding hydrogens is 380 g/mol. The molecule has 0 amide bonds. The van der Waals surface area contributed by atoms with E-state index in [1.54, 1.807) is 0 Å². The van der Waals surface area contributed by atoms with Crippen LogP contribution < -0.4 is 0 Å². The minimum absolute atomic E-state index is 0.166. The highest BCUT2D eigenvalue weighted by Gasteiger charge is 2.22. The van der Waals surface area contributed by atoms with Crippen LogP contribution in [0.2, 0.25) is 0 Å². The van der Waals surface area contributed by atoms with E-state index in [9.17, 15) is 4.79 Å². The van der Waals surface area contributed by atoms with E-state index in [1.807, 2.05) is 30.3 Å². The fourth-order valence-corrected chi connectivity index (χ4v) is 4.63. The van der Waals surface area contributed by atoms with Crippen LogP contribution in [-0.2, 0) is 17.6 Å². The number of aliphatic carboxylic acids is 1. The molecule has 4 aromatic rings. The topological polar surface area (TPSA) is 37.3 Å². The number of carboxylic acid groups (broad SMARTS) is 1. The molecular formula is C29H22O2. The van der Waals surface area contributed by atoms with Gasteiger partial charge in [0, 0.05) is 0 Å². The van der Waals surface area contributed by atoms with E-state index in [0.717, 1.165) is 29.5 Å². The molecule has 0 atom stereocenters. The summed E-state index contributed by atoms with van der Waals surface area (Å²) < 4.78 is 0. The van der Waals surface area contributed by atoms with Crippen molar-refractivity contribution in [2.24, 2.45) is 0 Å². The highest BCUT2D eigenvalue weighted by Crippen LogP contribution is 2.39. The van der Waals surface area contributed by atoms with Crippen molar-refractivity contribution >= 4 is 11.5 Å². The second kappa shape index (κ2) is 7.73. The second-order valence-electron chi connectivity index (χ2n) is 7.94. The Balaban J connectivity index is 0.000000138. The Kier molecular flexibility index (Phi) is 4.76. The Bertz CT molecular complexity index is 1290. The molecule has 0 aliphatic heterocycles. The van der Waals surface area contributed by atoms with Gasteiger partial charge in [-0.3, -0.25) is 0 Å². The van der Waals surface area contributed by atoms with Crippen molar-refractivity contribution in [3.05, 3.63) is 125 Å². The third-order valence-electron chi connectivity index (χ3n) is 6.14. The molecule has 150 valence electrons. The van der Waals surface area contributed by atoms with Gasteiger partial charge in [0.2, 0.25) is 0 Å². The van der Waals surface area contributed by atoms with Crippen LogP contribution in [0.3, 0.4) is 0 Å². The van der Waals surface area contributed by atoms with E-state index in [-0.39, 0.29) is 5.57 Å². The van der Waals surface area contributed by atoms with Crippen molar-refractivity contribution in [3.8, 4) is 22.3 Å². The first-order valence-electron chi connectivity index (χ1n) is 10.4. The number of carboxylic acids is 1. The molecule has 0 aromatic heterocycles. The molecule has 2 aliphatic rings. The molecule has 0 heterocycles. The highest BCUT2D eigenvalue weighted by molar-refractivity contribution is 6.15. The molecule has 2 nitrogen and oxygen atoms in total. The zero-order valence-electron chi connectivity index (χ0n) is 17.1. The van der Waals surface area contributed by atoms with Crippen molar-refractivity contribution < 1.29 is 9.90 Å². The number of fused-ring (bicyclic) bond motifs is 6. The average molecular weight is 402 g/mol. The SMILES string of the molecule is C=C(C(=O)O)c1cccc2c1Cc1ccccc1-2.c1ccc2c(c1)Cc1ccccc1-2. The lowest BCUT2D eigenvalue weighted by atomic mass is 9.96. The smallest absolute Gasteiger partial charge is 0.335 e. The number of carbonyl (C=O) groups is 1. The third kappa shape index (κ3) is 3.36. The molecule has 0 saturated carbocycles. The predicted octanol–water partition coefficient (Wildman–Crippen LogP) is 6.61. The Morgan fingerprint density at radius 3 is 1.61 bits per heavy atom. The molecule has 2 heteroatoms. The first-order chi connectivity index (χ1) is 15.1. The Morgan fingerprint density at radius 2 is 1.06 bits per heavy atom. The van der Waals surface area contributed by atoms with Crippen molar-refractivity contribution in [1.29, 1.82) is 0 Å². The van der Waals surface area contributed by atoms with Gasteiger partial charge in [-0.15, -0.1) is 0 Å². The predicted molar refractivity (Wildman–Crippen MR) is 126 cm³/mol. The van der Waals surface area contributed by atoms with Crippen molar-refractivity contribution in [3.63, 3.8) is 0 Å². The molecule has 1 N–H and O–H groups in total. The fraction of sp³-hybridized carbons (Fsp3) is 0.0690. The minimum Gasteiger partial charge on any atom is -0.478 e. The molecule has 4 aromatic carbocycles. The van der Waals surface area contributed by atoms with Crippen LogP contribution in [-0.4, -0.2) is 11.1 Å². The summed E-state index contributed by atoms with van der Waals surface area (Å²) in [6, 6.07) is 31.3. The van der Waals surface area contributed by atoms with Crippen molar-refractivity contribution in [2.75, 3.05) is 0 Å². The van der Waals surface area contributed by atoms with Crippen LogP contribution in [0.4, 0.5) is 0 Å². The first kappa shape index (κ1) is 19.1. The fourth-order valence-electron chi connectivity index (χ4n) is 4.63. The zero-order chi connectivity index (χ0) is 21.4. The van der Waals surface area contributed by atoms with Gasteiger partial charge in [0.1, 0.15) is 0 Å². The standard InChI is InChI=1S/C16H12O2.C13H10/c1-10(16(17)18)12-7-4-8-14-13-6-3-2-5-11(13)9-15(12)14;1-3-7-12-10(5-1)9-11-6-2-4-8-13(11)12/h2-8H,1,9H2,(H,17,18);1-8H,9H2. The molecule has 6 rings (SSSR count). The number of hydrogen-bond acceptors (Lipinski definition) is 1. The summed E-state index contributed by atoms with van der Waals surface area (Å²) in [7, 11) is 0. The van der Waals surface area contributed by atoms with Gasteiger partial charge in [-0.05, 0) is 62.9 Å². The van der Waals surface area contributed by atoms with Gasteiger partial charge >= 0.3 is 5.97 Å². The molecule has 0 saturated heterocycles. The molecule has 0 spiro atoms. The summed E-state index contributed by atoms with van der Waals surface area (Å²) in [6.45, 7) is 3.67. The van der Waals surface area contributed by atoms with E-state index in [0.29, 0.717) is 0 Å². The van der Waals surface area contributed by atoms with Crippen molar-refractivity contribution in [1.82, 2.24) is 0 Å². The Morgan fingerprint density at radius 1 is 0.613 bits per heavy atom. The quantitative estimate of drug-likeness (QED) is 0.331. The van der Waals surface area contributed by atoms with E-state index < -0.39 is 5.97 Å². The summed E-state index contributed by atoms with van der Waals surface area (Å²) in [4.78, 5) is 11.1. The minimum atomic E-state index is -0.959. The lowest BCUT2D eigenvalue weighted by Gasteiger charge is -2.07. The normalized spacial score (nSPS) is 12.0. The largest absolute Gasteiger partial charge is 0.478 e.